The Labute approximate surface area is 139 Å². The van der Waals surface area contributed by atoms with Gasteiger partial charge in [0.05, 0.1) is 12.1 Å². The van der Waals surface area contributed by atoms with Crippen LogP contribution in [0.4, 0.5) is 0 Å². The molecule has 1 fully saturated rings. The molecule has 0 amide bonds. The van der Waals surface area contributed by atoms with Gasteiger partial charge >= 0.3 is 0 Å². The van der Waals surface area contributed by atoms with Crippen LogP contribution in [0.25, 0.3) is 0 Å². The second-order valence-electron chi connectivity index (χ2n) is 6.41. The SMILES string of the molecule is COc1c(Cl)cc2c(c1CCN1CCNCC1)CCCCC2. The molecule has 1 N–H and O–H groups in total. The van der Waals surface area contributed by atoms with E-state index in [1.807, 2.05) is 0 Å². The minimum Gasteiger partial charge on any atom is -0.495 e. The van der Waals surface area contributed by atoms with Crippen LogP contribution >= 0.6 is 11.6 Å². The van der Waals surface area contributed by atoms with E-state index in [0.717, 1.165) is 49.9 Å². The summed E-state index contributed by atoms with van der Waals surface area (Å²) in [7, 11) is 1.75. The molecule has 1 aliphatic carbocycles. The Bertz CT molecular complexity index is 512. The van der Waals surface area contributed by atoms with E-state index in [4.69, 9.17) is 16.3 Å². The summed E-state index contributed by atoms with van der Waals surface area (Å²) in [6.45, 7) is 5.59. The molecule has 0 aromatic heterocycles. The van der Waals surface area contributed by atoms with Crippen molar-refractivity contribution < 1.29 is 4.74 Å². The number of fused-ring (bicyclic) bond motifs is 1. The molecule has 1 aromatic rings. The van der Waals surface area contributed by atoms with Crippen LogP contribution in [0, 0.1) is 0 Å². The fourth-order valence-corrected chi connectivity index (χ4v) is 4.12. The third-order valence-electron chi connectivity index (χ3n) is 5.01. The number of hydrogen-bond donors (Lipinski definition) is 1. The first-order valence-corrected chi connectivity index (χ1v) is 8.97. The quantitative estimate of drug-likeness (QED) is 0.862. The molecule has 1 aliphatic heterocycles. The molecule has 0 bridgehead atoms. The van der Waals surface area contributed by atoms with E-state index in [1.165, 1.54) is 48.8 Å². The summed E-state index contributed by atoms with van der Waals surface area (Å²) in [5.74, 6) is 0.914. The van der Waals surface area contributed by atoms with Crippen LogP contribution in [0.3, 0.4) is 0 Å². The molecule has 3 nitrogen and oxygen atoms in total. The molecule has 0 saturated carbocycles. The van der Waals surface area contributed by atoms with E-state index in [-0.39, 0.29) is 0 Å². The van der Waals surface area contributed by atoms with Crippen LogP contribution in [-0.2, 0) is 19.3 Å². The van der Waals surface area contributed by atoms with Gasteiger partial charge in [-0.25, -0.2) is 0 Å². The Balaban J connectivity index is 1.84. The molecule has 0 unspecified atom stereocenters. The summed E-state index contributed by atoms with van der Waals surface area (Å²) < 4.78 is 5.66. The van der Waals surface area contributed by atoms with Crippen molar-refractivity contribution in [2.24, 2.45) is 0 Å². The highest BCUT2D eigenvalue weighted by atomic mass is 35.5. The van der Waals surface area contributed by atoms with E-state index < -0.39 is 0 Å². The van der Waals surface area contributed by atoms with Gasteiger partial charge in [-0.1, -0.05) is 18.0 Å². The second-order valence-corrected chi connectivity index (χ2v) is 6.82. The molecule has 2 aliphatic rings. The van der Waals surface area contributed by atoms with Crippen LogP contribution in [0.2, 0.25) is 5.02 Å². The molecule has 3 rings (SSSR count). The Morgan fingerprint density at radius 3 is 2.73 bits per heavy atom. The van der Waals surface area contributed by atoms with Gasteiger partial charge in [0, 0.05) is 38.3 Å². The molecule has 4 heteroatoms. The highest BCUT2D eigenvalue weighted by Gasteiger charge is 2.20. The first-order valence-electron chi connectivity index (χ1n) is 8.60. The summed E-state index contributed by atoms with van der Waals surface area (Å²) in [6, 6.07) is 2.15. The third kappa shape index (κ3) is 3.58. The monoisotopic (exact) mass is 322 g/mol. The summed E-state index contributed by atoms with van der Waals surface area (Å²) in [6.07, 6.45) is 7.29. The minimum atomic E-state index is 0.790. The van der Waals surface area contributed by atoms with Gasteiger partial charge in [-0.2, -0.15) is 0 Å². The molecule has 1 heterocycles. The third-order valence-corrected chi connectivity index (χ3v) is 5.29. The van der Waals surface area contributed by atoms with Crippen molar-refractivity contribution >= 4 is 11.6 Å². The van der Waals surface area contributed by atoms with E-state index in [0.29, 0.717) is 0 Å². The lowest BCUT2D eigenvalue weighted by molar-refractivity contribution is 0.243. The van der Waals surface area contributed by atoms with Crippen molar-refractivity contribution in [3.05, 3.63) is 27.8 Å². The number of rotatable bonds is 4. The highest BCUT2D eigenvalue weighted by Crippen LogP contribution is 2.37. The van der Waals surface area contributed by atoms with Gasteiger partial charge in [-0.3, -0.25) is 0 Å². The largest absolute Gasteiger partial charge is 0.495 e. The van der Waals surface area contributed by atoms with Gasteiger partial charge < -0.3 is 15.0 Å². The number of nitrogens with one attached hydrogen (secondary N) is 1. The Morgan fingerprint density at radius 1 is 1.18 bits per heavy atom. The van der Waals surface area contributed by atoms with E-state index in [9.17, 15) is 0 Å². The van der Waals surface area contributed by atoms with Crippen molar-refractivity contribution in [1.29, 1.82) is 0 Å². The lowest BCUT2D eigenvalue weighted by Crippen LogP contribution is -2.44. The van der Waals surface area contributed by atoms with Crippen LogP contribution in [0.1, 0.15) is 36.0 Å². The van der Waals surface area contributed by atoms with Crippen LogP contribution < -0.4 is 10.1 Å². The van der Waals surface area contributed by atoms with Gasteiger partial charge in [-0.05, 0) is 49.3 Å². The van der Waals surface area contributed by atoms with Crippen LogP contribution in [0.15, 0.2) is 6.07 Å². The smallest absolute Gasteiger partial charge is 0.140 e. The number of aryl methyl sites for hydroxylation is 1. The van der Waals surface area contributed by atoms with Gasteiger partial charge in [0.2, 0.25) is 0 Å². The molecule has 0 atom stereocenters. The normalized spacial score (nSPS) is 19.5. The Kier molecular flexibility index (Phi) is 5.61. The van der Waals surface area contributed by atoms with Gasteiger partial charge in [0.15, 0.2) is 0 Å². The number of piperazine rings is 1. The minimum absolute atomic E-state index is 0.790. The number of nitrogens with zero attached hydrogens (tertiary/aromatic N) is 1. The topological polar surface area (TPSA) is 24.5 Å². The summed E-state index contributed by atoms with van der Waals surface area (Å²) >= 11 is 6.49. The fourth-order valence-electron chi connectivity index (χ4n) is 3.80. The number of hydrogen-bond acceptors (Lipinski definition) is 3. The first-order chi connectivity index (χ1) is 10.8. The second kappa shape index (κ2) is 7.67. The van der Waals surface area contributed by atoms with Gasteiger partial charge in [-0.15, -0.1) is 0 Å². The zero-order chi connectivity index (χ0) is 15.4. The maximum Gasteiger partial charge on any atom is 0.140 e. The number of ether oxygens (including phenoxy) is 1. The molecular weight excluding hydrogens is 296 g/mol. The Morgan fingerprint density at radius 2 is 1.95 bits per heavy atom. The molecule has 0 spiro atoms. The van der Waals surface area contributed by atoms with Crippen molar-refractivity contribution in [3.63, 3.8) is 0 Å². The van der Waals surface area contributed by atoms with E-state index in [1.54, 1.807) is 7.11 Å². The zero-order valence-electron chi connectivity index (χ0n) is 13.6. The highest BCUT2D eigenvalue weighted by molar-refractivity contribution is 6.32. The maximum atomic E-state index is 6.49. The molecule has 22 heavy (non-hydrogen) atoms. The zero-order valence-corrected chi connectivity index (χ0v) is 14.3. The first kappa shape index (κ1) is 16.1. The molecule has 1 aromatic carbocycles. The average Bonchev–Trinajstić information content (AvgIpc) is 2.78. The Hall–Kier alpha value is -0.770. The van der Waals surface area contributed by atoms with Crippen molar-refractivity contribution in [2.75, 3.05) is 39.8 Å². The van der Waals surface area contributed by atoms with Crippen LogP contribution in [-0.4, -0.2) is 44.7 Å². The van der Waals surface area contributed by atoms with Gasteiger partial charge in [0.1, 0.15) is 5.75 Å². The standard InChI is InChI=1S/C18H27ClN2O/c1-22-18-16(7-10-21-11-8-20-9-12-21)15-6-4-2-3-5-14(15)13-17(18)19/h13,20H,2-12H2,1H3. The predicted octanol–water partition coefficient (Wildman–Crippen LogP) is 3.07. The summed E-state index contributed by atoms with van der Waals surface area (Å²) in [5, 5.41) is 4.21. The van der Waals surface area contributed by atoms with Crippen LogP contribution in [0.5, 0.6) is 5.75 Å². The van der Waals surface area contributed by atoms with Crippen molar-refractivity contribution in [2.45, 2.75) is 38.5 Å². The molecule has 122 valence electrons. The average molecular weight is 323 g/mol. The number of halogens is 1. The van der Waals surface area contributed by atoms with E-state index in [2.05, 4.69) is 16.3 Å². The van der Waals surface area contributed by atoms with Gasteiger partial charge in [0.25, 0.3) is 0 Å². The van der Waals surface area contributed by atoms with Crippen molar-refractivity contribution in [3.8, 4) is 5.75 Å². The van der Waals surface area contributed by atoms with E-state index >= 15 is 0 Å². The summed E-state index contributed by atoms with van der Waals surface area (Å²) in [5.41, 5.74) is 4.35. The number of benzene rings is 1. The maximum absolute atomic E-state index is 6.49. The molecule has 1 saturated heterocycles. The molecule has 0 radical (unpaired) electrons. The predicted molar refractivity (Wildman–Crippen MR) is 92.3 cm³/mol. The van der Waals surface area contributed by atoms with Crippen molar-refractivity contribution in [1.82, 2.24) is 10.2 Å². The molecular formula is C18H27ClN2O. The lowest BCUT2D eigenvalue weighted by Gasteiger charge is -2.28. The lowest BCUT2D eigenvalue weighted by atomic mass is 9.94. The number of methoxy groups -OCH3 is 1. The summed E-state index contributed by atoms with van der Waals surface area (Å²) in [4.78, 5) is 2.54. The fraction of sp³-hybridized carbons (Fsp3) is 0.667.